The van der Waals surface area contributed by atoms with Crippen LogP contribution in [0.15, 0.2) is 59.5 Å². The van der Waals surface area contributed by atoms with E-state index >= 15 is 0 Å². The lowest BCUT2D eigenvalue weighted by atomic mass is 10.2. The second-order valence-electron chi connectivity index (χ2n) is 7.40. The molecule has 0 saturated carbocycles. The topological polar surface area (TPSA) is 76.1 Å². The molecule has 0 radical (unpaired) electrons. The molecule has 32 heavy (non-hydrogen) atoms. The Morgan fingerprint density at radius 2 is 1.62 bits per heavy atom. The van der Waals surface area contributed by atoms with Gasteiger partial charge >= 0.3 is 0 Å². The van der Waals surface area contributed by atoms with Gasteiger partial charge in [-0.1, -0.05) is 36.4 Å². The normalized spacial score (nSPS) is 17.3. The van der Waals surface area contributed by atoms with Crippen molar-refractivity contribution in [2.75, 3.05) is 32.8 Å². The van der Waals surface area contributed by atoms with Crippen molar-refractivity contribution >= 4 is 34.9 Å². The zero-order valence-corrected chi connectivity index (χ0v) is 18.4. The number of thioether (sulfide) groups is 1. The summed E-state index contributed by atoms with van der Waals surface area (Å²) < 4.78 is 11.5. The minimum atomic E-state index is -0.449. The Morgan fingerprint density at radius 1 is 0.938 bits per heavy atom. The van der Waals surface area contributed by atoms with E-state index in [1.807, 2.05) is 48.5 Å². The SMILES string of the molecule is O=C(CN1C(=O)SC(=Cc2ccccc2OCCOc2ccccc2)C1=O)N1CCCC1. The van der Waals surface area contributed by atoms with Crippen LogP contribution < -0.4 is 9.47 Å². The Morgan fingerprint density at radius 3 is 2.41 bits per heavy atom. The van der Waals surface area contributed by atoms with Crippen molar-refractivity contribution < 1.29 is 23.9 Å². The third-order valence-corrected chi connectivity index (χ3v) is 6.09. The predicted octanol–water partition coefficient (Wildman–Crippen LogP) is 3.80. The number of nitrogens with zero attached hydrogens (tertiary/aromatic N) is 2. The average Bonchev–Trinajstić information content (AvgIpc) is 3.43. The second-order valence-corrected chi connectivity index (χ2v) is 8.40. The highest BCUT2D eigenvalue weighted by Gasteiger charge is 2.37. The summed E-state index contributed by atoms with van der Waals surface area (Å²) in [5.41, 5.74) is 0.684. The molecule has 0 unspecified atom stereocenters. The van der Waals surface area contributed by atoms with Crippen molar-refractivity contribution in [1.29, 1.82) is 0 Å². The Kier molecular flexibility index (Phi) is 7.11. The molecule has 4 rings (SSSR count). The van der Waals surface area contributed by atoms with Gasteiger partial charge in [0.15, 0.2) is 0 Å². The molecule has 2 aromatic carbocycles. The molecule has 2 fully saturated rings. The first-order valence-corrected chi connectivity index (χ1v) is 11.4. The summed E-state index contributed by atoms with van der Waals surface area (Å²) in [7, 11) is 0. The third-order valence-electron chi connectivity index (χ3n) is 5.18. The summed E-state index contributed by atoms with van der Waals surface area (Å²) in [4.78, 5) is 40.5. The lowest BCUT2D eigenvalue weighted by Crippen LogP contribution is -2.40. The number of benzene rings is 2. The van der Waals surface area contributed by atoms with Gasteiger partial charge in [-0.25, -0.2) is 0 Å². The van der Waals surface area contributed by atoms with Crippen LogP contribution in [-0.4, -0.2) is 59.7 Å². The Bertz CT molecular complexity index is 1020. The van der Waals surface area contributed by atoms with Gasteiger partial charge in [-0.15, -0.1) is 0 Å². The lowest BCUT2D eigenvalue weighted by molar-refractivity contribution is -0.135. The molecular weight excluding hydrogens is 428 g/mol. The fourth-order valence-corrected chi connectivity index (χ4v) is 4.37. The molecule has 0 aliphatic carbocycles. The highest BCUT2D eigenvalue weighted by atomic mass is 32.2. The molecule has 8 heteroatoms. The van der Waals surface area contributed by atoms with Crippen molar-refractivity contribution in [2.45, 2.75) is 12.8 Å². The van der Waals surface area contributed by atoms with Crippen LogP contribution in [0.2, 0.25) is 0 Å². The van der Waals surface area contributed by atoms with Crippen LogP contribution in [-0.2, 0) is 9.59 Å². The Balaban J connectivity index is 1.38. The standard InChI is InChI=1S/C24H24N2O5S/c27-22(25-12-6-7-13-25)17-26-23(28)21(32-24(26)29)16-18-8-4-5-11-20(18)31-15-14-30-19-9-2-1-3-10-19/h1-5,8-11,16H,6-7,12-15,17H2. The second kappa shape index (κ2) is 10.4. The van der Waals surface area contributed by atoms with E-state index in [-0.39, 0.29) is 17.4 Å². The number of carbonyl (C=O) groups is 3. The molecule has 2 aliphatic heterocycles. The summed E-state index contributed by atoms with van der Waals surface area (Å²) in [5.74, 6) is 0.716. The van der Waals surface area contributed by atoms with Gasteiger partial charge in [0, 0.05) is 18.7 Å². The third kappa shape index (κ3) is 5.31. The number of carbonyl (C=O) groups excluding carboxylic acids is 3. The first kappa shape index (κ1) is 22.0. The van der Waals surface area contributed by atoms with Crippen molar-refractivity contribution in [3.05, 3.63) is 65.1 Å². The van der Waals surface area contributed by atoms with Gasteiger partial charge < -0.3 is 14.4 Å². The highest BCUT2D eigenvalue weighted by molar-refractivity contribution is 8.18. The van der Waals surface area contributed by atoms with Gasteiger partial charge in [-0.05, 0) is 48.9 Å². The molecule has 2 aromatic rings. The molecule has 0 bridgehead atoms. The van der Waals surface area contributed by atoms with Gasteiger partial charge in [-0.2, -0.15) is 0 Å². The van der Waals surface area contributed by atoms with E-state index in [0.717, 1.165) is 35.3 Å². The number of ether oxygens (including phenoxy) is 2. The molecule has 0 N–H and O–H groups in total. The van der Waals surface area contributed by atoms with Crippen LogP contribution in [0.3, 0.4) is 0 Å². The molecule has 0 atom stereocenters. The number of amides is 3. The molecule has 7 nitrogen and oxygen atoms in total. The van der Waals surface area contributed by atoms with Crippen LogP contribution >= 0.6 is 11.8 Å². The molecule has 166 valence electrons. The number of para-hydroxylation sites is 2. The van der Waals surface area contributed by atoms with Crippen LogP contribution in [0.1, 0.15) is 18.4 Å². The van der Waals surface area contributed by atoms with Crippen molar-refractivity contribution in [1.82, 2.24) is 9.80 Å². The smallest absolute Gasteiger partial charge is 0.294 e. The Labute approximate surface area is 191 Å². The molecule has 2 heterocycles. The van der Waals surface area contributed by atoms with Crippen LogP contribution in [0, 0.1) is 0 Å². The van der Waals surface area contributed by atoms with Crippen molar-refractivity contribution in [3.8, 4) is 11.5 Å². The minimum Gasteiger partial charge on any atom is -0.490 e. The van der Waals surface area contributed by atoms with Gasteiger partial charge in [0.05, 0.1) is 4.91 Å². The minimum absolute atomic E-state index is 0.187. The Hall–Kier alpha value is -3.26. The van der Waals surface area contributed by atoms with Crippen LogP contribution in [0.25, 0.3) is 6.08 Å². The van der Waals surface area contributed by atoms with E-state index in [0.29, 0.717) is 37.6 Å². The number of hydrogen-bond donors (Lipinski definition) is 0. The fourth-order valence-electron chi connectivity index (χ4n) is 3.54. The summed E-state index contributed by atoms with van der Waals surface area (Å²) in [6.07, 6.45) is 3.56. The van der Waals surface area contributed by atoms with Gasteiger partial charge in [-0.3, -0.25) is 19.3 Å². The van der Waals surface area contributed by atoms with Crippen molar-refractivity contribution in [2.24, 2.45) is 0 Å². The zero-order chi connectivity index (χ0) is 22.3. The molecule has 3 amide bonds. The number of likely N-dealkylation sites (tertiary alicyclic amines) is 1. The molecule has 0 spiro atoms. The van der Waals surface area contributed by atoms with Gasteiger partial charge in [0.25, 0.3) is 11.1 Å². The van der Waals surface area contributed by atoms with E-state index in [1.54, 1.807) is 17.0 Å². The van der Waals surface area contributed by atoms with E-state index in [1.165, 1.54) is 0 Å². The number of rotatable bonds is 8. The largest absolute Gasteiger partial charge is 0.490 e. The summed E-state index contributed by atoms with van der Waals surface area (Å²) in [6.45, 7) is 1.85. The number of hydrogen-bond acceptors (Lipinski definition) is 6. The summed E-state index contributed by atoms with van der Waals surface area (Å²) in [6, 6.07) is 16.8. The van der Waals surface area contributed by atoms with E-state index < -0.39 is 11.1 Å². The van der Waals surface area contributed by atoms with E-state index in [2.05, 4.69) is 0 Å². The average molecular weight is 453 g/mol. The highest BCUT2D eigenvalue weighted by Crippen LogP contribution is 2.34. The van der Waals surface area contributed by atoms with Gasteiger partial charge in [0.2, 0.25) is 5.91 Å². The lowest BCUT2D eigenvalue weighted by Gasteiger charge is -2.18. The van der Waals surface area contributed by atoms with E-state index in [4.69, 9.17) is 9.47 Å². The summed E-state index contributed by atoms with van der Waals surface area (Å²) in [5, 5.41) is -0.427. The molecule has 0 aromatic heterocycles. The molecule has 2 aliphatic rings. The molecular formula is C24H24N2O5S. The zero-order valence-electron chi connectivity index (χ0n) is 17.6. The maximum atomic E-state index is 12.8. The summed E-state index contributed by atoms with van der Waals surface area (Å²) >= 11 is 0.843. The molecule has 2 saturated heterocycles. The maximum Gasteiger partial charge on any atom is 0.294 e. The number of imide groups is 1. The fraction of sp³-hybridized carbons (Fsp3) is 0.292. The first-order chi connectivity index (χ1) is 15.6. The van der Waals surface area contributed by atoms with Crippen molar-refractivity contribution in [3.63, 3.8) is 0 Å². The van der Waals surface area contributed by atoms with Crippen LogP contribution in [0.4, 0.5) is 4.79 Å². The van der Waals surface area contributed by atoms with E-state index in [9.17, 15) is 14.4 Å². The van der Waals surface area contributed by atoms with Gasteiger partial charge in [0.1, 0.15) is 31.3 Å². The first-order valence-electron chi connectivity index (χ1n) is 10.5. The maximum absolute atomic E-state index is 12.8. The predicted molar refractivity (Wildman–Crippen MR) is 122 cm³/mol. The monoisotopic (exact) mass is 452 g/mol. The quantitative estimate of drug-likeness (QED) is 0.448. The van der Waals surface area contributed by atoms with Crippen LogP contribution in [0.5, 0.6) is 11.5 Å².